The summed E-state index contributed by atoms with van der Waals surface area (Å²) < 4.78 is 13.4. The van der Waals surface area contributed by atoms with Gasteiger partial charge in [-0.2, -0.15) is 0 Å². The monoisotopic (exact) mass is 384 g/mol. The topological polar surface area (TPSA) is 50.7 Å². The summed E-state index contributed by atoms with van der Waals surface area (Å²) in [6.45, 7) is 0. The van der Waals surface area contributed by atoms with E-state index in [-0.39, 0.29) is 5.02 Å². The molecule has 2 aromatic carbocycles. The predicted octanol–water partition coefficient (Wildman–Crippen LogP) is 5.88. The number of nitrogens with one attached hydrogen (secondary N) is 1. The number of hydrogen-bond donors (Lipinski definition) is 1. The van der Waals surface area contributed by atoms with Crippen LogP contribution in [0.3, 0.4) is 0 Å². The molecule has 26 heavy (non-hydrogen) atoms. The van der Waals surface area contributed by atoms with E-state index in [1.54, 1.807) is 30.6 Å². The molecule has 0 radical (unpaired) electrons. The molecule has 1 N–H and O–H groups in total. The van der Waals surface area contributed by atoms with Crippen molar-refractivity contribution in [3.8, 4) is 11.4 Å². The fourth-order valence-electron chi connectivity index (χ4n) is 2.53. The zero-order chi connectivity index (χ0) is 18.1. The van der Waals surface area contributed by atoms with Gasteiger partial charge >= 0.3 is 0 Å². The Kier molecular flexibility index (Phi) is 4.41. The molecule has 2 heterocycles. The molecule has 0 fully saturated rings. The Labute approximate surface area is 158 Å². The lowest BCUT2D eigenvalue weighted by atomic mass is 10.2. The first-order valence-corrected chi connectivity index (χ1v) is 8.45. The van der Waals surface area contributed by atoms with Crippen molar-refractivity contribution in [2.75, 3.05) is 5.32 Å². The van der Waals surface area contributed by atoms with Gasteiger partial charge in [-0.25, -0.2) is 14.4 Å². The van der Waals surface area contributed by atoms with E-state index in [0.29, 0.717) is 22.4 Å². The first kappa shape index (κ1) is 16.7. The lowest BCUT2D eigenvalue weighted by molar-refractivity contribution is 0.628. The molecule has 0 atom stereocenters. The van der Waals surface area contributed by atoms with E-state index >= 15 is 0 Å². The van der Waals surface area contributed by atoms with E-state index in [2.05, 4.69) is 20.3 Å². The molecule has 0 unspecified atom stereocenters. The lowest BCUT2D eigenvalue weighted by Crippen LogP contribution is -2.00. The highest BCUT2D eigenvalue weighted by molar-refractivity contribution is 6.31. The van der Waals surface area contributed by atoms with Crippen LogP contribution in [-0.2, 0) is 0 Å². The highest BCUT2D eigenvalue weighted by Gasteiger charge is 2.11. The molecule has 0 spiro atoms. The van der Waals surface area contributed by atoms with Crippen molar-refractivity contribution in [1.82, 2.24) is 15.0 Å². The lowest BCUT2D eigenvalue weighted by Gasteiger charge is -2.12. The van der Waals surface area contributed by atoms with Gasteiger partial charge < -0.3 is 5.32 Å². The van der Waals surface area contributed by atoms with Gasteiger partial charge in [-0.1, -0.05) is 23.2 Å². The standard InChI is InChI=1S/C19H11Cl2FN4/c20-12-3-6-17-14(8-12)19(24-13-4-5-16(22)15(21)9-13)26-18(25-17)11-2-1-7-23-10-11/h1-10H,(H,24,25,26). The zero-order valence-corrected chi connectivity index (χ0v) is 14.8. The van der Waals surface area contributed by atoms with Crippen molar-refractivity contribution >= 4 is 45.6 Å². The predicted molar refractivity (Wildman–Crippen MR) is 102 cm³/mol. The van der Waals surface area contributed by atoms with E-state index in [4.69, 9.17) is 23.2 Å². The molecule has 7 heteroatoms. The minimum atomic E-state index is -0.483. The van der Waals surface area contributed by atoms with Crippen molar-refractivity contribution in [3.63, 3.8) is 0 Å². The molecule has 0 aliphatic rings. The van der Waals surface area contributed by atoms with Crippen LogP contribution in [0.1, 0.15) is 0 Å². The maximum Gasteiger partial charge on any atom is 0.163 e. The van der Waals surface area contributed by atoms with Crippen LogP contribution in [0.15, 0.2) is 60.9 Å². The third-order valence-electron chi connectivity index (χ3n) is 3.76. The van der Waals surface area contributed by atoms with E-state index in [1.165, 1.54) is 12.1 Å². The molecule has 0 amide bonds. The van der Waals surface area contributed by atoms with Crippen molar-refractivity contribution < 1.29 is 4.39 Å². The van der Waals surface area contributed by atoms with Crippen LogP contribution in [0.4, 0.5) is 15.9 Å². The Balaban J connectivity index is 1.87. The summed E-state index contributed by atoms with van der Waals surface area (Å²) in [7, 11) is 0. The summed E-state index contributed by atoms with van der Waals surface area (Å²) in [6.07, 6.45) is 3.37. The maximum absolute atomic E-state index is 13.4. The third-order valence-corrected chi connectivity index (χ3v) is 4.28. The Bertz CT molecular complexity index is 1100. The highest BCUT2D eigenvalue weighted by atomic mass is 35.5. The number of nitrogens with zero attached hydrogens (tertiary/aromatic N) is 3. The average Bonchev–Trinajstić information content (AvgIpc) is 2.65. The van der Waals surface area contributed by atoms with Gasteiger partial charge in [-0.05, 0) is 48.5 Å². The van der Waals surface area contributed by atoms with Crippen molar-refractivity contribution in [1.29, 1.82) is 0 Å². The summed E-state index contributed by atoms with van der Waals surface area (Å²) in [6, 6.07) is 13.4. The van der Waals surface area contributed by atoms with Crippen molar-refractivity contribution in [3.05, 3.63) is 76.8 Å². The molecule has 0 saturated heterocycles. The minimum Gasteiger partial charge on any atom is -0.340 e. The smallest absolute Gasteiger partial charge is 0.163 e. The van der Waals surface area contributed by atoms with Crippen LogP contribution in [0, 0.1) is 5.82 Å². The first-order valence-electron chi connectivity index (χ1n) is 7.70. The summed E-state index contributed by atoms with van der Waals surface area (Å²) in [5, 5.41) is 4.50. The zero-order valence-electron chi connectivity index (χ0n) is 13.2. The van der Waals surface area contributed by atoms with Gasteiger partial charge in [0.15, 0.2) is 5.82 Å². The van der Waals surface area contributed by atoms with Gasteiger partial charge in [0.25, 0.3) is 0 Å². The molecule has 128 valence electrons. The first-order chi connectivity index (χ1) is 12.6. The van der Waals surface area contributed by atoms with Gasteiger partial charge in [0.1, 0.15) is 11.6 Å². The van der Waals surface area contributed by atoms with Crippen molar-refractivity contribution in [2.45, 2.75) is 0 Å². The molecule has 2 aromatic heterocycles. The number of fused-ring (bicyclic) bond motifs is 1. The molecule has 4 rings (SSSR count). The number of pyridine rings is 1. The quantitative estimate of drug-likeness (QED) is 0.478. The van der Waals surface area contributed by atoms with E-state index < -0.39 is 5.82 Å². The van der Waals surface area contributed by atoms with Gasteiger partial charge in [-0.3, -0.25) is 4.98 Å². The largest absolute Gasteiger partial charge is 0.340 e. The molecular formula is C19H11Cl2FN4. The molecule has 0 bridgehead atoms. The second-order valence-electron chi connectivity index (χ2n) is 5.55. The number of benzene rings is 2. The summed E-state index contributed by atoms with van der Waals surface area (Å²) in [4.78, 5) is 13.3. The Morgan fingerprint density at radius 1 is 0.962 bits per heavy atom. The normalized spacial score (nSPS) is 10.9. The molecule has 4 nitrogen and oxygen atoms in total. The second-order valence-corrected chi connectivity index (χ2v) is 6.40. The fraction of sp³-hybridized carbons (Fsp3) is 0. The van der Waals surface area contributed by atoms with Gasteiger partial charge in [-0.15, -0.1) is 0 Å². The number of halogens is 3. The SMILES string of the molecule is Fc1ccc(Nc2nc(-c3cccnc3)nc3ccc(Cl)cc23)cc1Cl. The van der Waals surface area contributed by atoms with Crippen LogP contribution in [0.5, 0.6) is 0 Å². The third kappa shape index (κ3) is 3.31. The highest BCUT2D eigenvalue weighted by Crippen LogP contribution is 2.30. The second kappa shape index (κ2) is 6.86. The number of hydrogen-bond acceptors (Lipinski definition) is 4. The van der Waals surface area contributed by atoms with Crippen LogP contribution in [-0.4, -0.2) is 15.0 Å². The van der Waals surface area contributed by atoms with E-state index in [0.717, 1.165) is 16.5 Å². The molecule has 0 aliphatic carbocycles. The summed E-state index contributed by atoms with van der Waals surface area (Å²) in [5.41, 5.74) is 2.11. The van der Waals surface area contributed by atoms with Crippen molar-refractivity contribution in [2.24, 2.45) is 0 Å². The molecule has 0 saturated carbocycles. The maximum atomic E-state index is 13.4. The molecule has 4 aromatic rings. The Morgan fingerprint density at radius 2 is 1.85 bits per heavy atom. The number of aromatic nitrogens is 3. The molecule has 0 aliphatic heterocycles. The summed E-state index contributed by atoms with van der Waals surface area (Å²) >= 11 is 12.0. The molecular weight excluding hydrogens is 374 g/mol. The Morgan fingerprint density at radius 3 is 2.62 bits per heavy atom. The van der Waals surface area contributed by atoms with Crippen LogP contribution >= 0.6 is 23.2 Å². The van der Waals surface area contributed by atoms with Crippen LogP contribution in [0.2, 0.25) is 10.0 Å². The Hall–Kier alpha value is -2.76. The van der Waals surface area contributed by atoms with E-state index in [9.17, 15) is 4.39 Å². The number of rotatable bonds is 3. The summed E-state index contributed by atoms with van der Waals surface area (Å²) in [5.74, 6) is 0.575. The van der Waals surface area contributed by atoms with E-state index in [1.807, 2.05) is 18.2 Å². The average molecular weight is 385 g/mol. The van der Waals surface area contributed by atoms with Gasteiger partial charge in [0.2, 0.25) is 0 Å². The van der Waals surface area contributed by atoms with Crippen LogP contribution in [0.25, 0.3) is 22.3 Å². The van der Waals surface area contributed by atoms with Crippen LogP contribution < -0.4 is 5.32 Å². The number of anilines is 2. The van der Waals surface area contributed by atoms with Gasteiger partial charge in [0, 0.05) is 34.1 Å². The minimum absolute atomic E-state index is 0.0267. The fourth-order valence-corrected chi connectivity index (χ4v) is 2.88. The van der Waals surface area contributed by atoms with Gasteiger partial charge in [0.05, 0.1) is 10.5 Å².